The summed E-state index contributed by atoms with van der Waals surface area (Å²) >= 11 is 12.5. The lowest BCUT2D eigenvalue weighted by Gasteiger charge is -2.21. The number of aromatic nitrogens is 2. The fraction of sp³-hybridized carbons (Fsp3) is 0.364. The molecule has 0 spiro atoms. The zero-order chi connectivity index (χ0) is 19.5. The number of amides is 1. The first-order valence-corrected chi connectivity index (χ1v) is 10.6. The summed E-state index contributed by atoms with van der Waals surface area (Å²) in [7, 11) is 0. The molecule has 1 heterocycles. The monoisotopic (exact) mass is 415 g/mol. The fourth-order valence-electron chi connectivity index (χ4n) is 3.89. The van der Waals surface area contributed by atoms with Gasteiger partial charge in [0.15, 0.2) is 0 Å². The van der Waals surface area contributed by atoms with Crippen molar-refractivity contribution >= 4 is 40.1 Å². The Kier molecular flexibility index (Phi) is 5.88. The highest BCUT2D eigenvalue weighted by molar-refractivity contribution is 6.36. The third-order valence-corrected chi connectivity index (χ3v) is 6.18. The number of nitrogens with one attached hydrogen (secondary N) is 2. The number of hydrogen-bond acceptors (Lipinski definition) is 2. The van der Waals surface area contributed by atoms with Crippen molar-refractivity contribution in [2.24, 2.45) is 5.92 Å². The van der Waals surface area contributed by atoms with Crippen LogP contribution < -0.4 is 5.32 Å². The first kappa shape index (κ1) is 19.3. The van der Waals surface area contributed by atoms with Crippen LogP contribution in [-0.2, 0) is 6.42 Å². The SMILES string of the molecule is O=C(NCC1CCCCC1)c1ccc2nc(Cc3c(Cl)cccc3Cl)[nH]c2c1. The van der Waals surface area contributed by atoms with Crippen molar-refractivity contribution in [1.82, 2.24) is 15.3 Å². The summed E-state index contributed by atoms with van der Waals surface area (Å²) < 4.78 is 0. The topological polar surface area (TPSA) is 57.8 Å². The highest BCUT2D eigenvalue weighted by atomic mass is 35.5. The van der Waals surface area contributed by atoms with E-state index in [1.54, 1.807) is 0 Å². The van der Waals surface area contributed by atoms with Crippen LogP contribution in [0.5, 0.6) is 0 Å². The summed E-state index contributed by atoms with van der Waals surface area (Å²) in [6.07, 6.45) is 6.82. The molecule has 2 N–H and O–H groups in total. The van der Waals surface area contributed by atoms with Gasteiger partial charge in [0.25, 0.3) is 5.91 Å². The molecule has 4 nitrogen and oxygen atoms in total. The van der Waals surface area contributed by atoms with Crippen LogP contribution in [0.4, 0.5) is 0 Å². The molecule has 0 bridgehead atoms. The van der Waals surface area contributed by atoms with Gasteiger partial charge in [0.1, 0.15) is 5.82 Å². The van der Waals surface area contributed by atoms with Gasteiger partial charge >= 0.3 is 0 Å². The van der Waals surface area contributed by atoms with Crippen molar-refractivity contribution in [2.75, 3.05) is 6.54 Å². The van der Waals surface area contributed by atoms with Gasteiger partial charge in [-0.2, -0.15) is 0 Å². The largest absolute Gasteiger partial charge is 0.352 e. The predicted molar refractivity (Wildman–Crippen MR) is 114 cm³/mol. The van der Waals surface area contributed by atoms with Crippen LogP contribution in [-0.4, -0.2) is 22.4 Å². The van der Waals surface area contributed by atoms with Gasteiger partial charge < -0.3 is 10.3 Å². The molecule has 0 unspecified atom stereocenters. The average Bonchev–Trinajstić information content (AvgIpc) is 3.11. The van der Waals surface area contributed by atoms with E-state index in [1.165, 1.54) is 32.1 Å². The standard InChI is InChI=1S/C22H23Cl2N3O/c23-17-7-4-8-18(24)16(17)12-21-26-19-10-9-15(11-20(19)27-21)22(28)25-13-14-5-2-1-3-6-14/h4,7-11,14H,1-3,5-6,12-13H2,(H,25,28)(H,26,27). The molecular formula is C22H23Cl2N3O. The van der Waals surface area contributed by atoms with Crippen LogP contribution in [0.25, 0.3) is 11.0 Å². The number of carbonyl (C=O) groups is 1. The molecule has 3 aromatic rings. The number of H-pyrrole nitrogens is 1. The molecule has 4 rings (SSSR count). The van der Waals surface area contributed by atoms with E-state index in [4.69, 9.17) is 23.2 Å². The Morgan fingerprint density at radius 2 is 1.86 bits per heavy atom. The first-order chi connectivity index (χ1) is 13.6. The number of carbonyl (C=O) groups excluding carboxylic acids is 1. The van der Waals surface area contributed by atoms with Gasteiger partial charge in [0, 0.05) is 28.6 Å². The third kappa shape index (κ3) is 4.34. The van der Waals surface area contributed by atoms with Crippen LogP contribution in [0.15, 0.2) is 36.4 Å². The highest BCUT2D eigenvalue weighted by Gasteiger charge is 2.16. The number of benzene rings is 2. The lowest BCUT2D eigenvalue weighted by molar-refractivity contribution is 0.0943. The van der Waals surface area contributed by atoms with E-state index in [9.17, 15) is 4.79 Å². The molecule has 146 valence electrons. The molecule has 1 saturated carbocycles. The second-order valence-electron chi connectivity index (χ2n) is 7.51. The number of halogens is 2. The molecule has 1 amide bonds. The molecule has 6 heteroatoms. The summed E-state index contributed by atoms with van der Waals surface area (Å²) in [5, 5.41) is 4.33. The molecule has 28 heavy (non-hydrogen) atoms. The Bertz CT molecular complexity index is 972. The van der Waals surface area contributed by atoms with Crippen LogP contribution >= 0.6 is 23.2 Å². The van der Waals surface area contributed by atoms with E-state index in [0.717, 1.165) is 29.0 Å². The number of fused-ring (bicyclic) bond motifs is 1. The Morgan fingerprint density at radius 3 is 2.61 bits per heavy atom. The Labute approximate surface area is 174 Å². The van der Waals surface area contributed by atoms with Crippen LogP contribution in [0, 0.1) is 5.92 Å². The van der Waals surface area contributed by atoms with Crippen molar-refractivity contribution in [1.29, 1.82) is 0 Å². The molecule has 0 radical (unpaired) electrons. The van der Waals surface area contributed by atoms with Gasteiger partial charge in [-0.3, -0.25) is 4.79 Å². The normalized spacial score (nSPS) is 15.1. The lowest BCUT2D eigenvalue weighted by atomic mass is 9.89. The van der Waals surface area contributed by atoms with Gasteiger partial charge in [0.05, 0.1) is 11.0 Å². The molecule has 1 aliphatic rings. The quantitative estimate of drug-likeness (QED) is 0.555. The Balaban J connectivity index is 1.47. The maximum atomic E-state index is 12.5. The summed E-state index contributed by atoms with van der Waals surface area (Å²) in [4.78, 5) is 20.4. The minimum absolute atomic E-state index is 0.0298. The zero-order valence-corrected chi connectivity index (χ0v) is 17.1. The molecule has 0 atom stereocenters. The van der Waals surface area contributed by atoms with Gasteiger partial charge in [0.2, 0.25) is 0 Å². The number of hydrogen-bond donors (Lipinski definition) is 2. The predicted octanol–water partition coefficient (Wildman–Crippen LogP) is 5.77. The lowest BCUT2D eigenvalue weighted by Crippen LogP contribution is -2.30. The van der Waals surface area contributed by atoms with Crippen molar-refractivity contribution in [3.63, 3.8) is 0 Å². The van der Waals surface area contributed by atoms with Crippen LogP contribution in [0.2, 0.25) is 10.0 Å². The van der Waals surface area contributed by atoms with E-state index in [2.05, 4.69) is 15.3 Å². The highest BCUT2D eigenvalue weighted by Crippen LogP contribution is 2.27. The van der Waals surface area contributed by atoms with Gasteiger partial charge in [-0.1, -0.05) is 48.5 Å². The molecule has 2 aromatic carbocycles. The summed E-state index contributed by atoms with van der Waals surface area (Å²) in [6.45, 7) is 0.760. The smallest absolute Gasteiger partial charge is 0.251 e. The fourth-order valence-corrected chi connectivity index (χ4v) is 4.42. The maximum Gasteiger partial charge on any atom is 0.251 e. The van der Waals surface area contributed by atoms with Crippen molar-refractivity contribution in [3.8, 4) is 0 Å². The number of nitrogens with zero attached hydrogens (tertiary/aromatic N) is 1. The zero-order valence-electron chi connectivity index (χ0n) is 15.6. The average molecular weight is 416 g/mol. The third-order valence-electron chi connectivity index (χ3n) is 5.48. The van der Waals surface area contributed by atoms with E-state index in [1.807, 2.05) is 36.4 Å². The van der Waals surface area contributed by atoms with E-state index in [-0.39, 0.29) is 5.91 Å². The molecule has 1 aromatic heterocycles. The van der Waals surface area contributed by atoms with E-state index >= 15 is 0 Å². The molecular weight excluding hydrogens is 393 g/mol. The summed E-state index contributed by atoms with van der Waals surface area (Å²) in [6, 6.07) is 11.0. The molecule has 1 fully saturated rings. The Hall–Kier alpha value is -2.04. The molecule has 0 aliphatic heterocycles. The van der Waals surface area contributed by atoms with Crippen molar-refractivity contribution in [2.45, 2.75) is 38.5 Å². The summed E-state index contributed by atoms with van der Waals surface area (Å²) in [5.41, 5.74) is 3.15. The minimum Gasteiger partial charge on any atom is -0.352 e. The second-order valence-corrected chi connectivity index (χ2v) is 8.32. The Morgan fingerprint density at radius 1 is 1.11 bits per heavy atom. The van der Waals surface area contributed by atoms with Gasteiger partial charge in [-0.15, -0.1) is 0 Å². The number of imidazole rings is 1. The van der Waals surface area contributed by atoms with Crippen LogP contribution in [0.3, 0.4) is 0 Å². The molecule has 0 saturated heterocycles. The van der Waals surface area contributed by atoms with E-state index in [0.29, 0.717) is 27.9 Å². The van der Waals surface area contributed by atoms with Gasteiger partial charge in [-0.05, 0) is 54.7 Å². The first-order valence-electron chi connectivity index (χ1n) is 9.80. The minimum atomic E-state index is -0.0298. The van der Waals surface area contributed by atoms with Crippen molar-refractivity contribution < 1.29 is 4.79 Å². The number of aromatic amines is 1. The second kappa shape index (κ2) is 8.54. The van der Waals surface area contributed by atoms with E-state index < -0.39 is 0 Å². The molecule has 1 aliphatic carbocycles. The maximum absolute atomic E-state index is 12.5. The summed E-state index contributed by atoms with van der Waals surface area (Å²) in [5.74, 6) is 1.35. The van der Waals surface area contributed by atoms with Crippen molar-refractivity contribution in [3.05, 3.63) is 63.4 Å². The number of rotatable bonds is 5. The van der Waals surface area contributed by atoms with Crippen LogP contribution in [0.1, 0.15) is 53.8 Å². The van der Waals surface area contributed by atoms with Gasteiger partial charge in [-0.25, -0.2) is 4.98 Å².